The van der Waals surface area contributed by atoms with E-state index in [0.29, 0.717) is 19.3 Å². The van der Waals surface area contributed by atoms with Gasteiger partial charge in [0.25, 0.3) is 5.91 Å². The Bertz CT molecular complexity index is 532. The predicted molar refractivity (Wildman–Crippen MR) is 69.2 cm³/mol. The summed E-state index contributed by atoms with van der Waals surface area (Å²) in [5.41, 5.74) is -0.145. The number of benzene rings is 1. The van der Waals surface area contributed by atoms with Crippen molar-refractivity contribution in [3.05, 3.63) is 29.6 Å². The Labute approximate surface area is 115 Å². The molecule has 20 heavy (non-hydrogen) atoms. The van der Waals surface area contributed by atoms with Gasteiger partial charge in [-0.15, -0.1) is 0 Å². The van der Waals surface area contributed by atoms with E-state index in [-0.39, 0.29) is 17.4 Å². The molecule has 0 aliphatic heterocycles. The fraction of sp³-hybridized carbons (Fsp3) is 0.429. The summed E-state index contributed by atoms with van der Waals surface area (Å²) >= 11 is 0. The van der Waals surface area contributed by atoms with Crippen molar-refractivity contribution in [3.8, 4) is 5.75 Å². The molecule has 1 aliphatic rings. The van der Waals surface area contributed by atoms with Crippen molar-refractivity contribution in [2.45, 2.75) is 25.3 Å². The van der Waals surface area contributed by atoms with Crippen LogP contribution in [0.2, 0.25) is 0 Å². The lowest BCUT2D eigenvalue weighted by atomic mass is 10.1. The molecule has 2 atom stereocenters. The zero-order chi connectivity index (χ0) is 14.7. The molecule has 108 valence electrons. The van der Waals surface area contributed by atoms with E-state index in [2.05, 4.69) is 5.32 Å². The van der Waals surface area contributed by atoms with Gasteiger partial charge in [-0.1, -0.05) is 6.07 Å². The van der Waals surface area contributed by atoms with E-state index < -0.39 is 23.6 Å². The SMILES string of the molecule is COc1cccc(F)c1C(=O)N[C@@H]1CC[C@H](C(=O)O)C1. The Morgan fingerprint density at radius 1 is 1.40 bits per heavy atom. The molecule has 1 aliphatic carbocycles. The summed E-state index contributed by atoms with van der Waals surface area (Å²) in [5, 5.41) is 11.6. The van der Waals surface area contributed by atoms with Crippen molar-refractivity contribution in [1.82, 2.24) is 5.32 Å². The molecule has 0 spiro atoms. The molecule has 0 saturated heterocycles. The molecule has 0 unspecified atom stereocenters. The van der Waals surface area contributed by atoms with Gasteiger partial charge in [-0.3, -0.25) is 9.59 Å². The van der Waals surface area contributed by atoms with Gasteiger partial charge < -0.3 is 15.2 Å². The first-order chi connectivity index (χ1) is 9.52. The minimum atomic E-state index is -0.856. The first-order valence-corrected chi connectivity index (χ1v) is 6.39. The van der Waals surface area contributed by atoms with E-state index in [0.717, 1.165) is 0 Å². The fourth-order valence-corrected chi connectivity index (χ4v) is 2.49. The van der Waals surface area contributed by atoms with E-state index >= 15 is 0 Å². The highest BCUT2D eigenvalue weighted by molar-refractivity contribution is 5.97. The van der Waals surface area contributed by atoms with Crippen LogP contribution in [0, 0.1) is 11.7 Å². The summed E-state index contributed by atoms with van der Waals surface area (Å²) in [6.45, 7) is 0. The number of carboxylic acid groups (broad SMARTS) is 1. The molecule has 2 rings (SSSR count). The Morgan fingerprint density at radius 2 is 2.15 bits per heavy atom. The fourth-order valence-electron chi connectivity index (χ4n) is 2.49. The monoisotopic (exact) mass is 281 g/mol. The van der Waals surface area contributed by atoms with Gasteiger partial charge in [0.1, 0.15) is 17.1 Å². The molecule has 1 fully saturated rings. The standard InChI is InChI=1S/C14H16FNO4/c1-20-11-4-2-3-10(15)12(11)13(17)16-9-6-5-8(7-9)14(18)19/h2-4,8-9H,5-7H2,1H3,(H,16,17)(H,18,19)/t8-,9+/m0/s1. The van der Waals surface area contributed by atoms with E-state index in [1.54, 1.807) is 0 Å². The molecule has 0 aromatic heterocycles. The number of amides is 1. The average molecular weight is 281 g/mol. The second-order valence-electron chi connectivity index (χ2n) is 4.84. The number of hydrogen-bond acceptors (Lipinski definition) is 3. The molecule has 2 N–H and O–H groups in total. The lowest BCUT2D eigenvalue weighted by Gasteiger charge is -2.14. The molecule has 1 saturated carbocycles. The van der Waals surface area contributed by atoms with Crippen LogP contribution >= 0.6 is 0 Å². The number of methoxy groups -OCH3 is 1. The van der Waals surface area contributed by atoms with Crippen LogP contribution in [0.25, 0.3) is 0 Å². The number of rotatable bonds is 4. The lowest BCUT2D eigenvalue weighted by Crippen LogP contribution is -2.34. The Kier molecular flexibility index (Phi) is 4.22. The van der Waals surface area contributed by atoms with Gasteiger partial charge in [0, 0.05) is 6.04 Å². The zero-order valence-corrected chi connectivity index (χ0v) is 11.1. The molecule has 1 aromatic rings. The number of ether oxygens (including phenoxy) is 1. The van der Waals surface area contributed by atoms with Crippen LogP contribution in [0.1, 0.15) is 29.6 Å². The highest BCUT2D eigenvalue weighted by atomic mass is 19.1. The van der Waals surface area contributed by atoms with Crippen LogP contribution in [-0.4, -0.2) is 30.1 Å². The number of halogens is 1. The smallest absolute Gasteiger partial charge is 0.306 e. The van der Waals surface area contributed by atoms with Crippen molar-refractivity contribution in [2.24, 2.45) is 5.92 Å². The molecule has 0 radical (unpaired) electrons. The second-order valence-corrected chi connectivity index (χ2v) is 4.84. The summed E-state index contributed by atoms with van der Waals surface area (Å²) in [7, 11) is 1.36. The largest absolute Gasteiger partial charge is 0.496 e. The van der Waals surface area contributed by atoms with Gasteiger partial charge in [-0.05, 0) is 31.4 Å². The molecule has 1 aromatic carbocycles. The van der Waals surface area contributed by atoms with Gasteiger partial charge >= 0.3 is 5.97 Å². The summed E-state index contributed by atoms with van der Waals surface area (Å²) in [4.78, 5) is 23.0. The summed E-state index contributed by atoms with van der Waals surface area (Å²) in [6, 6.07) is 3.91. The van der Waals surface area contributed by atoms with Gasteiger partial charge in [0.05, 0.1) is 13.0 Å². The molecule has 5 nitrogen and oxygen atoms in total. The van der Waals surface area contributed by atoms with Crippen LogP contribution in [0.15, 0.2) is 18.2 Å². The third-order valence-electron chi connectivity index (χ3n) is 3.54. The quantitative estimate of drug-likeness (QED) is 0.882. The highest BCUT2D eigenvalue weighted by Gasteiger charge is 2.31. The van der Waals surface area contributed by atoms with Crippen LogP contribution in [-0.2, 0) is 4.79 Å². The van der Waals surface area contributed by atoms with Crippen molar-refractivity contribution in [1.29, 1.82) is 0 Å². The predicted octanol–water partition coefficient (Wildman–Crippen LogP) is 1.82. The Morgan fingerprint density at radius 3 is 2.75 bits per heavy atom. The number of carbonyl (C=O) groups is 2. The third kappa shape index (κ3) is 2.89. The van der Waals surface area contributed by atoms with Gasteiger partial charge in [0.15, 0.2) is 0 Å². The topological polar surface area (TPSA) is 75.6 Å². The summed E-state index contributed by atoms with van der Waals surface area (Å²) < 4.78 is 18.7. The molecule has 0 heterocycles. The Hall–Kier alpha value is -2.11. The third-order valence-corrected chi connectivity index (χ3v) is 3.54. The lowest BCUT2D eigenvalue weighted by molar-refractivity contribution is -0.141. The van der Waals surface area contributed by atoms with Crippen molar-refractivity contribution in [3.63, 3.8) is 0 Å². The van der Waals surface area contributed by atoms with E-state index in [1.807, 2.05) is 0 Å². The molecule has 6 heteroatoms. The average Bonchev–Trinajstić information content (AvgIpc) is 2.86. The first kappa shape index (κ1) is 14.3. The van der Waals surface area contributed by atoms with Crippen LogP contribution < -0.4 is 10.1 Å². The maximum Gasteiger partial charge on any atom is 0.306 e. The first-order valence-electron chi connectivity index (χ1n) is 6.39. The number of carbonyl (C=O) groups excluding carboxylic acids is 1. The van der Waals surface area contributed by atoms with Crippen molar-refractivity contribution < 1.29 is 23.8 Å². The number of nitrogens with one attached hydrogen (secondary N) is 1. The maximum atomic E-state index is 13.7. The normalized spacial score (nSPS) is 21.5. The highest BCUT2D eigenvalue weighted by Crippen LogP contribution is 2.27. The van der Waals surface area contributed by atoms with Crippen LogP contribution in [0.4, 0.5) is 4.39 Å². The van der Waals surface area contributed by atoms with Crippen LogP contribution in [0.5, 0.6) is 5.75 Å². The van der Waals surface area contributed by atoms with E-state index in [9.17, 15) is 14.0 Å². The minimum absolute atomic E-state index is 0.145. The maximum absolute atomic E-state index is 13.7. The van der Waals surface area contributed by atoms with Gasteiger partial charge in [-0.25, -0.2) is 4.39 Å². The zero-order valence-electron chi connectivity index (χ0n) is 11.1. The summed E-state index contributed by atoms with van der Waals surface area (Å²) in [6.07, 6.45) is 1.48. The number of carboxylic acids is 1. The Balaban J connectivity index is 2.08. The minimum Gasteiger partial charge on any atom is -0.496 e. The van der Waals surface area contributed by atoms with Gasteiger partial charge in [-0.2, -0.15) is 0 Å². The second kappa shape index (κ2) is 5.90. The van der Waals surface area contributed by atoms with Crippen molar-refractivity contribution >= 4 is 11.9 Å². The van der Waals surface area contributed by atoms with E-state index in [4.69, 9.17) is 9.84 Å². The molecule has 1 amide bonds. The molecule has 0 bridgehead atoms. The van der Waals surface area contributed by atoms with E-state index in [1.165, 1.54) is 25.3 Å². The van der Waals surface area contributed by atoms with Gasteiger partial charge in [0.2, 0.25) is 0 Å². The number of hydrogen-bond donors (Lipinski definition) is 2. The molecular formula is C14H16FNO4. The van der Waals surface area contributed by atoms with Crippen molar-refractivity contribution in [2.75, 3.05) is 7.11 Å². The molecular weight excluding hydrogens is 265 g/mol. The summed E-state index contributed by atoms with van der Waals surface area (Å²) in [5.74, 6) is -2.37. The van der Waals surface area contributed by atoms with Crippen LogP contribution in [0.3, 0.4) is 0 Å². The number of aliphatic carboxylic acids is 1.